The monoisotopic (exact) mass is 380 g/mol. The SMILES string of the molecule is COc1ncc(-c2cccc(C#N)c2)c2c(OC(=O)c3ccccc3)cccc12. The average molecular weight is 380 g/mol. The molecule has 0 aliphatic heterocycles. The molecular formula is C24H16N2O3. The number of hydrogen-bond acceptors (Lipinski definition) is 5. The van der Waals surface area contributed by atoms with E-state index in [0.717, 1.165) is 11.1 Å². The molecule has 0 atom stereocenters. The molecular weight excluding hydrogens is 364 g/mol. The minimum atomic E-state index is -0.453. The summed E-state index contributed by atoms with van der Waals surface area (Å²) < 4.78 is 11.1. The van der Waals surface area contributed by atoms with Gasteiger partial charge in [-0.05, 0) is 42.0 Å². The van der Waals surface area contributed by atoms with E-state index < -0.39 is 5.97 Å². The minimum absolute atomic E-state index is 0.398. The van der Waals surface area contributed by atoms with Crippen LogP contribution in [0.25, 0.3) is 21.9 Å². The Kier molecular flexibility index (Phi) is 4.91. The number of nitrogens with zero attached hydrogens (tertiary/aromatic N) is 2. The van der Waals surface area contributed by atoms with E-state index in [1.165, 1.54) is 0 Å². The van der Waals surface area contributed by atoms with Crippen molar-refractivity contribution in [1.29, 1.82) is 5.26 Å². The van der Waals surface area contributed by atoms with Crippen LogP contribution in [0.4, 0.5) is 0 Å². The second kappa shape index (κ2) is 7.83. The van der Waals surface area contributed by atoms with E-state index in [-0.39, 0.29) is 0 Å². The summed E-state index contributed by atoms with van der Waals surface area (Å²) in [5.41, 5.74) is 2.53. The van der Waals surface area contributed by atoms with Gasteiger partial charge in [-0.15, -0.1) is 0 Å². The van der Waals surface area contributed by atoms with Crippen molar-refractivity contribution in [3.05, 3.63) is 90.1 Å². The maximum Gasteiger partial charge on any atom is 0.343 e. The van der Waals surface area contributed by atoms with Crippen LogP contribution >= 0.6 is 0 Å². The van der Waals surface area contributed by atoms with E-state index in [1.54, 1.807) is 61.8 Å². The molecule has 0 bridgehead atoms. The lowest BCUT2D eigenvalue weighted by atomic mass is 9.98. The first-order valence-corrected chi connectivity index (χ1v) is 8.94. The molecule has 1 aromatic heterocycles. The fraction of sp³-hybridized carbons (Fsp3) is 0.0417. The van der Waals surface area contributed by atoms with Gasteiger partial charge in [-0.1, -0.05) is 36.4 Å². The van der Waals surface area contributed by atoms with Crippen molar-refractivity contribution >= 4 is 16.7 Å². The highest BCUT2D eigenvalue weighted by Crippen LogP contribution is 2.39. The number of ether oxygens (including phenoxy) is 2. The normalized spacial score (nSPS) is 10.3. The van der Waals surface area contributed by atoms with Crippen molar-refractivity contribution in [2.24, 2.45) is 0 Å². The van der Waals surface area contributed by atoms with Crippen LogP contribution in [0.2, 0.25) is 0 Å². The first kappa shape index (κ1) is 18.2. The van der Waals surface area contributed by atoms with Crippen LogP contribution in [-0.2, 0) is 0 Å². The summed E-state index contributed by atoms with van der Waals surface area (Å²) in [6, 6.07) is 23.5. The standard InChI is InChI=1S/C24H16N2O3/c1-28-23-19-11-6-12-21(29-24(27)17-8-3-2-4-9-17)22(19)20(15-26-23)18-10-5-7-16(13-18)14-25/h2-13,15H,1H3. The number of aromatic nitrogens is 1. The quantitative estimate of drug-likeness (QED) is 0.368. The first-order chi connectivity index (χ1) is 14.2. The van der Waals surface area contributed by atoms with Crippen LogP contribution < -0.4 is 9.47 Å². The number of esters is 1. The van der Waals surface area contributed by atoms with E-state index in [9.17, 15) is 10.1 Å². The highest BCUT2D eigenvalue weighted by molar-refractivity contribution is 6.04. The van der Waals surface area contributed by atoms with Gasteiger partial charge in [0, 0.05) is 22.5 Å². The molecule has 1 heterocycles. The van der Waals surface area contributed by atoms with E-state index in [2.05, 4.69) is 11.1 Å². The lowest BCUT2D eigenvalue weighted by Crippen LogP contribution is -2.08. The number of methoxy groups -OCH3 is 1. The lowest BCUT2D eigenvalue weighted by molar-refractivity contribution is 0.0737. The summed E-state index contributed by atoms with van der Waals surface area (Å²) in [5.74, 6) is 0.373. The van der Waals surface area contributed by atoms with Crippen LogP contribution in [0.3, 0.4) is 0 Å². The fourth-order valence-electron chi connectivity index (χ4n) is 3.20. The zero-order valence-corrected chi connectivity index (χ0v) is 15.6. The first-order valence-electron chi connectivity index (χ1n) is 8.94. The average Bonchev–Trinajstić information content (AvgIpc) is 2.79. The zero-order chi connectivity index (χ0) is 20.2. The minimum Gasteiger partial charge on any atom is -0.481 e. The molecule has 0 saturated heterocycles. The molecule has 0 fully saturated rings. The van der Waals surface area contributed by atoms with E-state index >= 15 is 0 Å². The maximum absolute atomic E-state index is 12.6. The number of carbonyl (C=O) groups is 1. The molecule has 29 heavy (non-hydrogen) atoms. The second-order valence-corrected chi connectivity index (χ2v) is 6.31. The molecule has 4 aromatic rings. The molecule has 140 valence electrons. The summed E-state index contributed by atoms with van der Waals surface area (Å²) >= 11 is 0. The molecule has 3 aromatic carbocycles. The van der Waals surface area contributed by atoms with Crippen LogP contribution in [-0.4, -0.2) is 18.1 Å². The van der Waals surface area contributed by atoms with Crippen molar-refractivity contribution < 1.29 is 14.3 Å². The van der Waals surface area contributed by atoms with Gasteiger partial charge in [0.15, 0.2) is 0 Å². The van der Waals surface area contributed by atoms with E-state index in [0.29, 0.717) is 33.5 Å². The Labute approximate surface area is 167 Å². The Morgan fingerprint density at radius 3 is 2.55 bits per heavy atom. The van der Waals surface area contributed by atoms with Gasteiger partial charge in [-0.3, -0.25) is 0 Å². The van der Waals surface area contributed by atoms with Crippen LogP contribution in [0.5, 0.6) is 11.6 Å². The highest BCUT2D eigenvalue weighted by Gasteiger charge is 2.17. The Morgan fingerprint density at radius 2 is 1.79 bits per heavy atom. The van der Waals surface area contributed by atoms with E-state index in [4.69, 9.17) is 9.47 Å². The summed E-state index contributed by atoms with van der Waals surface area (Å²) in [5, 5.41) is 10.7. The molecule has 5 heteroatoms. The molecule has 0 radical (unpaired) electrons. The van der Waals surface area contributed by atoms with Crippen LogP contribution in [0.15, 0.2) is 79.0 Å². The maximum atomic E-state index is 12.6. The Bertz CT molecular complexity index is 1240. The second-order valence-electron chi connectivity index (χ2n) is 6.31. The molecule has 0 N–H and O–H groups in total. The van der Waals surface area contributed by atoms with Crippen molar-refractivity contribution in [1.82, 2.24) is 4.98 Å². The molecule has 0 amide bonds. The predicted molar refractivity (Wildman–Crippen MR) is 110 cm³/mol. The van der Waals surface area contributed by atoms with Crippen molar-refractivity contribution in [3.8, 4) is 28.8 Å². The third-order valence-corrected chi connectivity index (χ3v) is 4.55. The smallest absolute Gasteiger partial charge is 0.343 e. The summed E-state index contributed by atoms with van der Waals surface area (Å²) in [6.07, 6.45) is 1.66. The number of carbonyl (C=O) groups excluding carboxylic acids is 1. The van der Waals surface area contributed by atoms with Gasteiger partial charge in [-0.25, -0.2) is 9.78 Å². The summed E-state index contributed by atoms with van der Waals surface area (Å²) in [6.45, 7) is 0. The Balaban J connectivity index is 1.91. The largest absolute Gasteiger partial charge is 0.481 e. The fourth-order valence-corrected chi connectivity index (χ4v) is 3.20. The molecule has 0 unspecified atom stereocenters. The van der Waals surface area contributed by atoms with Gasteiger partial charge in [0.2, 0.25) is 5.88 Å². The van der Waals surface area contributed by atoms with Gasteiger partial charge in [-0.2, -0.15) is 5.26 Å². The highest BCUT2D eigenvalue weighted by atomic mass is 16.5. The number of rotatable bonds is 4. The molecule has 0 aliphatic carbocycles. The van der Waals surface area contributed by atoms with Crippen LogP contribution in [0, 0.1) is 11.3 Å². The topological polar surface area (TPSA) is 72.2 Å². The number of nitriles is 1. The molecule has 0 saturated carbocycles. The van der Waals surface area contributed by atoms with Gasteiger partial charge in [0.25, 0.3) is 0 Å². The zero-order valence-electron chi connectivity index (χ0n) is 15.6. The van der Waals surface area contributed by atoms with Crippen molar-refractivity contribution in [3.63, 3.8) is 0 Å². The summed E-state index contributed by atoms with van der Waals surface area (Å²) in [7, 11) is 1.54. The summed E-state index contributed by atoms with van der Waals surface area (Å²) in [4.78, 5) is 17.0. The molecule has 4 rings (SSSR count). The van der Waals surface area contributed by atoms with Crippen molar-refractivity contribution in [2.45, 2.75) is 0 Å². The van der Waals surface area contributed by atoms with E-state index in [1.807, 2.05) is 24.3 Å². The third-order valence-electron chi connectivity index (χ3n) is 4.55. The third kappa shape index (κ3) is 3.52. The van der Waals surface area contributed by atoms with Crippen LogP contribution in [0.1, 0.15) is 15.9 Å². The van der Waals surface area contributed by atoms with Gasteiger partial charge in [0.05, 0.1) is 24.3 Å². The predicted octanol–water partition coefficient (Wildman–Crippen LogP) is 5.00. The van der Waals surface area contributed by atoms with Gasteiger partial charge < -0.3 is 9.47 Å². The Morgan fingerprint density at radius 1 is 1.00 bits per heavy atom. The molecule has 0 spiro atoms. The number of benzene rings is 3. The Hall–Kier alpha value is -4.17. The molecule has 0 aliphatic rings. The van der Waals surface area contributed by atoms with Gasteiger partial charge >= 0.3 is 5.97 Å². The lowest BCUT2D eigenvalue weighted by Gasteiger charge is -2.14. The number of fused-ring (bicyclic) bond motifs is 1. The molecule has 5 nitrogen and oxygen atoms in total. The van der Waals surface area contributed by atoms with Gasteiger partial charge in [0.1, 0.15) is 5.75 Å². The number of hydrogen-bond donors (Lipinski definition) is 0. The number of pyridine rings is 1. The van der Waals surface area contributed by atoms with Crippen molar-refractivity contribution in [2.75, 3.05) is 7.11 Å².